The maximum absolute atomic E-state index is 13.1. The summed E-state index contributed by atoms with van der Waals surface area (Å²) in [7, 11) is 0. The fourth-order valence-electron chi connectivity index (χ4n) is 3.90. The molecule has 0 fully saturated rings. The number of benzene rings is 2. The molecule has 3 amide bonds. The number of aryl methyl sites for hydroxylation is 1. The van der Waals surface area contributed by atoms with Crippen LogP contribution in [0.3, 0.4) is 0 Å². The fourth-order valence-corrected chi connectivity index (χ4v) is 4.06. The Morgan fingerprint density at radius 2 is 1.54 bits per heavy atom. The van der Waals surface area contributed by atoms with Gasteiger partial charge >= 0.3 is 6.09 Å². The second kappa shape index (κ2) is 12.8. The molecule has 1 aliphatic rings. The van der Waals surface area contributed by atoms with Crippen LogP contribution in [-0.2, 0) is 9.53 Å². The fraction of sp³-hybridized carbons (Fsp3) is 0.379. The number of alkyl carbamates (subject to hydrolysis) is 1. The average molecular weight is 555 g/mol. The first kappa shape index (κ1) is 29.7. The summed E-state index contributed by atoms with van der Waals surface area (Å²) < 4.78 is 5.16. The molecule has 0 saturated heterocycles. The maximum Gasteiger partial charge on any atom is 0.407 e. The number of halogens is 1. The number of ether oxygens (including phenoxy) is 1. The number of anilines is 2. The number of carbonyl (C=O) groups is 4. The maximum atomic E-state index is 13.1. The van der Waals surface area contributed by atoms with Gasteiger partial charge in [0.2, 0.25) is 0 Å². The Morgan fingerprint density at radius 3 is 2.26 bits per heavy atom. The van der Waals surface area contributed by atoms with Gasteiger partial charge in [0.15, 0.2) is 5.78 Å². The molecule has 0 aliphatic heterocycles. The summed E-state index contributed by atoms with van der Waals surface area (Å²) in [6, 6.07) is 9.88. The second-order valence-corrected chi connectivity index (χ2v) is 10.8. The van der Waals surface area contributed by atoms with E-state index in [2.05, 4.69) is 21.3 Å². The summed E-state index contributed by atoms with van der Waals surface area (Å²) in [6.07, 6.45) is 1.47. The van der Waals surface area contributed by atoms with Gasteiger partial charge in [0.05, 0.1) is 10.7 Å². The Balaban J connectivity index is 1.64. The van der Waals surface area contributed by atoms with Crippen molar-refractivity contribution in [2.75, 3.05) is 23.7 Å². The van der Waals surface area contributed by atoms with Crippen LogP contribution in [0.25, 0.3) is 0 Å². The van der Waals surface area contributed by atoms with E-state index in [0.717, 1.165) is 24.1 Å². The minimum atomic E-state index is -0.605. The molecule has 0 saturated carbocycles. The lowest BCUT2D eigenvalue weighted by Crippen LogP contribution is -2.37. The molecule has 0 spiro atoms. The average Bonchev–Trinajstić information content (AvgIpc) is 2.86. The van der Waals surface area contributed by atoms with Crippen LogP contribution in [0.1, 0.15) is 73.2 Å². The van der Waals surface area contributed by atoms with Gasteiger partial charge in [-0.2, -0.15) is 0 Å². The van der Waals surface area contributed by atoms with Crippen molar-refractivity contribution < 1.29 is 23.9 Å². The third-order valence-corrected chi connectivity index (χ3v) is 6.37. The lowest BCUT2D eigenvalue weighted by molar-refractivity contribution is -0.116. The lowest BCUT2D eigenvalue weighted by Gasteiger charge is -2.20. The molecule has 4 N–H and O–H groups in total. The van der Waals surface area contributed by atoms with Crippen molar-refractivity contribution in [1.82, 2.24) is 10.6 Å². The van der Waals surface area contributed by atoms with Crippen molar-refractivity contribution in [2.24, 2.45) is 0 Å². The van der Waals surface area contributed by atoms with Gasteiger partial charge in [-0.1, -0.05) is 17.7 Å². The number of hydrogen-bond acceptors (Lipinski definition) is 6. The van der Waals surface area contributed by atoms with E-state index in [9.17, 15) is 19.2 Å². The highest BCUT2D eigenvalue weighted by molar-refractivity contribution is 6.33. The Labute approximate surface area is 233 Å². The largest absolute Gasteiger partial charge is 0.444 e. The molecule has 1 aliphatic carbocycles. The first-order chi connectivity index (χ1) is 18.3. The smallest absolute Gasteiger partial charge is 0.407 e. The number of amides is 3. The van der Waals surface area contributed by atoms with Crippen molar-refractivity contribution in [2.45, 2.75) is 59.5 Å². The third kappa shape index (κ3) is 8.58. The van der Waals surface area contributed by atoms with Crippen LogP contribution in [0.2, 0.25) is 5.02 Å². The Morgan fingerprint density at radius 1 is 0.897 bits per heavy atom. The second-order valence-electron chi connectivity index (χ2n) is 10.4. The van der Waals surface area contributed by atoms with Crippen LogP contribution in [0, 0.1) is 6.92 Å². The highest BCUT2D eigenvalue weighted by Gasteiger charge is 2.19. The van der Waals surface area contributed by atoms with E-state index >= 15 is 0 Å². The van der Waals surface area contributed by atoms with E-state index < -0.39 is 11.7 Å². The zero-order valence-corrected chi connectivity index (χ0v) is 23.7. The molecule has 0 unspecified atom stereocenters. The van der Waals surface area contributed by atoms with Gasteiger partial charge in [0.1, 0.15) is 5.60 Å². The number of carbonyl (C=O) groups excluding carboxylic acids is 4. The molecule has 0 bridgehead atoms. The van der Waals surface area contributed by atoms with Crippen molar-refractivity contribution in [3.05, 3.63) is 69.4 Å². The van der Waals surface area contributed by atoms with Crippen LogP contribution in [0.15, 0.2) is 47.7 Å². The molecule has 0 aromatic heterocycles. The van der Waals surface area contributed by atoms with Gasteiger partial charge in [-0.25, -0.2) is 4.79 Å². The van der Waals surface area contributed by atoms with E-state index in [4.69, 9.17) is 16.3 Å². The quantitative estimate of drug-likeness (QED) is 0.315. The Kier molecular flexibility index (Phi) is 9.75. The Bertz CT molecular complexity index is 1310. The van der Waals surface area contributed by atoms with Crippen molar-refractivity contribution >= 4 is 46.7 Å². The molecule has 3 rings (SSSR count). The number of ketones is 1. The minimum Gasteiger partial charge on any atom is -0.444 e. The van der Waals surface area contributed by atoms with Crippen LogP contribution in [0.4, 0.5) is 16.2 Å². The van der Waals surface area contributed by atoms with Crippen molar-refractivity contribution in [1.29, 1.82) is 0 Å². The topological polar surface area (TPSA) is 126 Å². The highest BCUT2D eigenvalue weighted by atomic mass is 35.5. The summed E-state index contributed by atoms with van der Waals surface area (Å²) in [5.41, 5.74) is 3.41. The van der Waals surface area contributed by atoms with Gasteiger partial charge in [-0.05, 0) is 83.4 Å². The minimum absolute atomic E-state index is 0.104. The molecule has 9 nitrogen and oxygen atoms in total. The predicted octanol–water partition coefficient (Wildman–Crippen LogP) is 5.59. The number of rotatable bonds is 8. The van der Waals surface area contributed by atoms with Gasteiger partial charge in [0.25, 0.3) is 11.8 Å². The standard InChI is InChI=1S/C29H35ClN4O5/c1-17-9-10-19(26(36)31-13-14-32-28(38)39-29(3,4)5)15-23(17)34-27(37)20-11-12-21(30)24(16-20)33-22-7-6-8-25(35)18(22)2/h9-12,15-16,33H,6-8,13-14H2,1-5H3,(H,31,36)(H,32,38)(H,34,37). The van der Waals surface area contributed by atoms with Crippen LogP contribution in [0.5, 0.6) is 0 Å². The van der Waals surface area contributed by atoms with Gasteiger partial charge in [0, 0.05) is 47.6 Å². The van der Waals surface area contributed by atoms with Gasteiger partial charge in [-0.15, -0.1) is 0 Å². The van der Waals surface area contributed by atoms with E-state index in [1.807, 2.05) is 6.92 Å². The highest BCUT2D eigenvalue weighted by Crippen LogP contribution is 2.29. The summed E-state index contributed by atoms with van der Waals surface area (Å²) in [4.78, 5) is 49.5. The van der Waals surface area contributed by atoms with Gasteiger partial charge in [-0.3, -0.25) is 14.4 Å². The van der Waals surface area contributed by atoms with Crippen molar-refractivity contribution in [3.63, 3.8) is 0 Å². The number of allylic oxidation sites excluding steroid dienone is 2. The summed E-state index contributed by atoms with van der Waals surface area (Å²) >= 11 is 6.37. The van der Waals surface area contributed by atoms with E-state index in [1.54, 1.807) is 64.1 Å². The summed E-state index contributed by atoms with van der Waals surface area (Å²) in [6.45, 7) is 9.33. The number of Topliss-reactive ketones (excluding diaryl/α,β-unsaturated/α-hetero) is 1. The normalized spacial score (nSPS) is 13.5. The summed E-state index contributed by atoms with van der Waals surface area (Å²) in [5, 5.41) is 11.8. The molecule has 39 heavy (non-hydrogen) atoms. The van der Waals surface area contributed by atoms with Gasteiger partial charge < -0.3 is 26.0 Å². The van der Waals surface area contributed by atoms with Crippen LogP contribution in [-0.4, -0.2) is 42.4 Å². The van der Waals surface area contributed by atoms with Crippen molar-refractivity contribution in [3.8, 4) is 0 Å². The SMILES string of the molecule is CC1=C(Nc2cc(C(=O)Nc3cc(C(=O)NCCNC(=O)OC(C)(C)C)ccc3C)ccc2Cl)CCCC1=O. The molecule has 0 radical (unpaired) electrons. The van der Waals surface area contributed by atoms with Crippen LogP contribution >= 0.6 is 11.6 Å². The van der Waals surface area contributed by atoms with Crippen LogP contribution < -0.4 is 21.3 Å². The summed E-state index contributed by atoms with van der Waals surface area (Å²) in [5.74, 6) is -0.616. The molecule has 2 aromatic rings. The number of nitrogens with one attached hydrogen (secondary N) is 4. The molecule has 2 aromatic carbocycles. The molecule has 0 heterocycles. The molecular formula is C29H35ClN4O5. The zero-order chi connectivity index (χ0) is 28.7. The molecular weight excluding hydrogens is 520 g/mol. The monoisotopic (exact) mass is 554 g/mol. The first-order valence-electron chi connectivity index (χ1n) is 12.8. The molecule has 0 atom stereocenters. The Hall–Kier alpha value is -3.85. The number of hydrogen-bond donors (Lipinski definition) is 4. The van der Waals surface area contributed by atoms with E-state index in [-0.39, 0.29) is 30.7 Å². The predicted molar refractivity (Wildman–Crippen MR) is 152 cm³/mol. The zero-order valence-electron chi connectivity index (χ0n) is 22.9. The first-order valence-corrected chi connectivity index (χ1v) is 13.2. The van der Waals surface area contributed by atoms with E-state index in [1.165, 1.54) is 0 Å². The molecule has 208 valence electrons. The lowest BCUT2D eigenvalue weighted by atomic mass is 9.96. The van der Waals surface area contributed by atoms with E-state index in [0.29, 0.717) is 39.5 Å². The third-order valence-electron chi connectivity index (χ3n) is 6.04. The molecule has 10 heteroatoms.